The quantitative estimate of drug-likeness (QED) is 0.808. The van der Waals surface area contributed by atoms with E-state index in [1.165, 1.54) is 6.07 Å². The lowest BCUT2D eigenvalue weighted by molar-refractivity contribution is -0.141. The smallest absolute Gasteiger partial charge is 0.225 e. The van der Waals surface area contributed by atoms with Crippen LogP contribution in [0.2, 0.25) is 0 Å². The molecule has 1 aromatic rings. The first kappa shape index (κ1) is 18.8. The number of carbonyl (C=O) groups is 2. The van der Waals surface area contributed by atoms with E-state index in [2.05, 4.69) is 0 Å². The van der Waals surface area contributed by atoms with E-state index in [4.69, 9.17) is 4.74 Å². The molecule has 3 rings (SSSR count). The summed E-state index contributed by atoms with van der Waals surface area (Å²) in [6, 6.07) is 6.56. The average Bonchev–Trinajstić information content (AvgIpc) is 2.68. The predicted octanol–water partition coefficient (Wildman–Crippen LogP) is 2.39. The number of piperazine rings is 1. The second kappa shape index (κ2) is 9.12. The predicted molar refractivity (Wildman–Crippen MR) is 96.1 cm³/mol. The molecule has 0 N–H and O–H groups in total. The number of benzene rings is 1. The first-order valence-electron chi connectivity index (χ1n) is 9.54. The fourth-order valence-corrected chi connectivity index (χ4v) is 3.60. The van der Waals surface area contributed by atoms with Crippen molar-refractivity contribution in [3.63, 3.8) is 0 Å². The molecule has 2 aliphatic heterocycles. The molecule has 2 aliphatic rings. The zero-order valence-electron chi connectivity index (χ0n) is 15.2. The summed E-state index contributed by atoms with van der Waals surface area (Å²) >= 11 is 0. The number of nitrogens with zero attached hydrogens (tertiary/aromatic N) is 2. The maximum absolute atomic E-state index is 13.6. The summed E-state index contributed by atoms with van der Waals surface area (Å²) in [5.74, 6) is -0.119. The van der Waals surface area contributed by atoms with E-state index in [1.807, 2.05) is 4.90 Å². The van der Waals surface area contributed by atoms with E-state index in [-0.39, 0.29) is 23.7 Å². The van der Waals surface area contributed by atoms with Gasteiger partial charge < -0.3 is 14.5 Å². The van der Waals surface area contributed by atoms with Gasteiger partial charge in [-0.1, -0.05) is 18.2 Å². The molecule has 5 nitrogen and oxygen atoms in total. The van der Waals surface area contributed by atoms with Gasteiger partial charge in [0.25, 0.3) is 0 Å². The largest absolute Gasteiger partial charge is 0.378 e. The van der Waals surface area contributed by atoms with E-state index >= 15 is 0 Å². The maximum Gasteiger partial charge on any atom is 0.225 e. The first-order chi connectivity index (χ1) is 12.6. The van der Waals surface area contributed by atoms with Crippen LogP contribution in [0.4, 0.5) is 4.39 Å². The number of carbonyl (C=O) groups excluding carboxylic acids is 2. The molecule has 2 heterocycles. The van der Waals surface area contributed by atoms with Gasteiger partial charge in [-0.2, -0.15) is 0 Å². The molecule has 6 heteroatoms. The molecule has 0 aliphatic carbocycles. The van der Waals surface area contributed by atoms with Gasteiger partial charge >= 0.3 is 0 Å². The summed E-state index contributed by atoms with van der Waals surface area (Å²) in [7, 11) is 0. The Bertz CT molecular complexity index is 623. The number of hydrogen-bond acceptors (Lipinski definition) is 3. The van der Waals surface area contributed by atoms with Crippen molar-refractivity contribution in [1.29, 1.82) is 0 Å². The number of halogens is 1. The van der Waals surface area contributed by atoms with Crippen molar-refractivity contribution in [2.75, 3.05) is 32.8 Å². The Morgan fingerprint density at radius 3 is 2.38 bits per heavy atom. The Hall–Kier alpha value is -1.95. The molecular weight excluding hydrogens is 335 g/mol. The van der Waals surface area contributed by atoms with E-state index < -0.39 is 0 Å². The molecule has 2 fully saturated rings. The highest BCUT2D eigenvalue weighted by atomic mass is 19.1. The minimum atomic E-state index is -0.263. The summed E-state index contributed by atoms with van der Waals surface area (Å²) in [5, 5.41) is 0. The fraction of sp³-hybridized carbons (Fsp3) is 0.600. The maximum atomic E-state index is 13.6. The van der Waals surface area contributed by atoms with Crippen molar-refractivity contribution in [2.24, 2.45) is 0 Å². The van der Waals surface area contributed by atoms with Crippen molar-refractivity contribution in [3.8, 4) is 0 Å². The molecule has 1 aromatic carbocycles. The van der Waals surface area contributed by atoms with E-state index in [0.717, 1.165) is 25.9 Å². The highest BCUT2D eigenvalue weighted by Crippen LogP contribution is 2.17. The molecule has 0 bridgehead atoms. The molecule has 0 aromatic heterocycles. The zero-order chi connectivity index (χ0) is 18.4. The minimum Gasteiger partial charge on any atom is -0.378 e. The van der Waals surface area contributed by atoms with Crippen molar-refractivity contribution in [2.45, 2.75) is 44.6 Å². The highest BCUT2D eigenvalue weighted by molar-refractivity contribution is 5.79. The molecule has 1 atom stereocenters. The number of aryl methyl sites for hydroxylation is 1. The number of ether oxygens (including phenoxy) is 1. The second-order valence-electron chi connectivity index (χ2n) is 7.05. The fourth-order valence-electron chi connectivity index (χ4n) is 3.60. The van der Waals surface area contributed by atoms with Crippen LogP contribution in [0.1, 0.15) is 37.7 Å². The number of hydrogen-bond donors (Lipinski definition) is 0. The Labute approximate surface area is 154 Å². The van der Waals surface area contributed by atoms with Gasteiger partial charge in [0.2, 0.25) is 11.8 Å². The third-order valence-corrected chi connectivity index (χ3v) is 5.23. The SMILES string of the molecule is O=C(CCc1ccccc1F)N1CCN(C(=O)CC2CCCCO2)CC1. The first-order valence-corrected chi connectivity index (χ1v) is 9.54. The Morgan fingerprint density at radius 1 is 1.04 bits per heavy atom. The van der Waals surface area contributed by atoms with Gasteiger partial charge in [-0.15, -0.1) is 0 Å². The van der Waals surface area contributed by atoms with Gasteiger partial charge in [0.15, 0.2) is 0 Å². The lowest BCUT2D eigenvalue weighted by Gasteiger charge is -2.35. The lowest BCUT2D eigenvalue weighted by atomic mass is 10.1. The highest BCUT2D eigenvalue weighted by Gasteiger charge is 2.26. The normalized spacial score (nSPS) is 20.9. The van der Waals surface area contributed by atoms with Crippen LogP contribution in [0.3, 0.4) is 0 Å². The molecular formula is C20H27FN2O3. The van der Waals surface area contributed by atoms with Crippen LogP contribution in [0.25, 0.3) is 0 Å². The van der Waals surface area contributed by atoms with Gasteiger partial charge in [-0.25, -0.2) is 4.39 Å². The molecule has 26 heavy (non-hydrogen) atoms. The second-order valence-corrected chi connectivity index (χ2v) is 7.05. The Kier molecular flexibility index (Phi) is 6.61. The summed E-state index contributed by atoms with van der Waals surface area (Å²) in [5.41, 5.74) is 0.571. The Balaban J connectivity index is 1.40. The molecule has 0 radical (unpaired) electrons. The molecule has 2 amide bonds. The van der Waals surface area contributed by atoms with Crippen LogP contribution in [-0.2, 0) is 20.7 Å². The number of rotatable bonds is 5. The van der Waals surface area contributed by atoms with E-state index in [1.54, 1.807) is 23.1 Å². The minimum absolute atomic E-state index is 0.0240. The molecule has 0 spiro atoms. The van der Waals surface area contributed by atoms with Crippen LogP contribution in [0.5, 0.6) is 0 Å². The van der Waals surface area contributed by atoms with Crippen LogP contribution in [-0.4, -0.2) is 60.5 Å². The molecule has 0 saturated carbocycles. The van der Waals surface area contributed by atoms with E-state index in [0.29, 0.717) is 51.0 Å². The summed E-state index contributed by atoms with van der Waals surface area (Å²) in [4.78, 5) is 28.4. The topological polar surface area (TPSA) is 49.9 Å². The zero-order valence-corrected chi connectivity index (χ0v) is 15.2. The van der Waals surface area contributed by atoms with E-state index in [9.17, 15) is 14.0 Å². The Morgan fingerprint density at radius 2 is 1.73 bits per heavy atom. The van der Waals surface area contributed by atoms with Crippen LogP contribution < -0.4 is 0 Å². The van der Waals surface area contributed by atoms with Crippen molar-refractivity contribution in [1.82, 2.24) is 9.80 Å². The van der Waals surface area contributed by atoms with Gasteiger partial charge in [0, 0.05) is 39.2 Å². The van der Waals surface area contributed by atoms with Crippen LogP contribution in [0.15, 0.2) is 24.3 Å². The van der Waals surface area contributed by atoms with Gasteiger partial charge in [0.05, 0.1) is 12.5 Å². The molecule has 2 saturated heterocycles. The van der Waals surface area contributed by atoms with Crippen molar-refractivity contribution in [3.05, 3.63) is 35.6 Å². The van der Waals surface area contributed by atoms with Gasteiger partial charge in [-0.3, -0.25) is 9.59 Å². The third kappa shape index (κ3) is 5.04. The molecule has 1 unspecified atom stereocenters. The van der Waals surface area contributed by atoms with Crippen LogP contribution >= 0.6 is 0 Å². The molecule has 142 valence electrons. The number of amides is 2. The standard InChI is InChI=1S/C20H27FN2O3/c21-18-7-2-1-5-16(18)8-9-19(24)22-10-12-23(13-11-22)20(25)15-17-6-3-4-14-26-17/h1-2,5,7,17H,3-4,6,8-15H2. The average molecular weight is 362 g/mol. The van der Waals surface area contributed by atoms with Gasteiger partial charge in [-0.05, 0) is 37.3 Å². The summed E-state index contributed by atoms with van der Waals surface area (Å²) in [6.07, 6.45) is 4.37. The van der Waals surface area contributed by atoms with Crippen LogP contribution in [0, 0.1) is 5.82 Å². The third-order valence-electron chi connectivity index (χ3n) is 5.23. The van der Waals surface area contributed by atoms with Crippen molar-refractivity contribution < 1.29 is 18.7 Å². The monoisotopic (exact) mass is 362 g/mol. The lowest BCUT2D eigenvalue weighted by Crippen LogP contribution is -2.51. The summed E-state index contributed by atoms with van der Waals surface area (Å²) in [6.45, 7) is 2.98. The van der Waals surface area contributed by atoms with Crippen molar-refractivity contribution >= 4 is 11.8 Å². The van der Waals surface area contributed by atoms with Gasteiger partial charge in [0.1, 0.15) is 5.82 Å². The summed E-state index contributed by atoms with van der Waals surface area (Å²) < 4.78 is 19.3.